The van der Waals surface area contributed by atoms with E-state index in [1.165, 1.54) is 32.7 Å². The average molecular weight is 452 g/mol. The number of hydrogen-bond acceptors (Lipinski definition) is 7. The van der Waals surface area contributed by atoms with Crippen molar-refractivity contribution in [2.75, 3.05) is 21.3 Å². The van der Waals surface area contributed by atoms with Crippen molar-refractivity contribution < 1.29 is 19.0 Å². The van der Waals surface area contributed by atoms with Crippen LogP contribution in [0.5, 0.6) is 17.2 Å². The summed E-state index contributed by atoms with van der Waals surface area (Å²) >= 11 is 1.48. The lowest BCUT2D eigenvalue weighted by atomic mass is 10.1. The summed E-state index contributed by atoms with van der Waals surface area (Å²) in [4.78, 5) is 18.3. The van der Waals surface area contributed by atoms with Gasteiger partial charge in [0.25, 0.3) is 0 Å². The molecule has 3 rings (SSSR count). The second-order valence-corrected chi connectivity index (χ2v) is 8.42. The van der Waals surface area contributed by atoms with E-state index < -0.39 is 6.04 Å². The third kappa shape index (κ3) is 5.01. The van der Waals surface area contributed by atoms with Gasteiger partial charge in [-0.2, -0.15) is 5.26 Å². The first-order valence-corrected chi connectivity index (χ1v) is 10.7. The third-order valence-electron chi connectivity index (χ3n) is 4.91. The lowest BCUT2D eigenvalue weighted by Crippen LogP contribution is -2.29. The molecule has 1 atom stereocenters. The molecule has 1 unspecified atom stereocenters. The number of nitriles is 1. The van der Waals surface area contributed by atoms with Gasteiger partial charge in [-0.25, -0.2) is 4.98 Å². The predicted octanol–water partition coefficient (Wildman–Crippen LogP) is 4.38. The first-order valence-electron chi connectivity index (χ1n) is 9.92. The fourth-order valence-electron chi connectivity index (χ4n) is 3.34. The van der Waals surface area contributed by atoms with E-state index in [1.54, 1.807) is 12.1 Å². The van der Waals surface area contributed by atoms with Gasteiger partial charge >= 0.3 is 0 Å². The summed E-state index contributed by atoms with van der Waals surface area (Å²) < 4.78 is 16.0. The Morgan fingerprint density at radius 3 is 2.25 bits per heavy atom. The van der Waals surface area contributed by atoms with E-state index in [1.807, 2.05) is 38.1 Å². The second-order valence-electron chi connectivity index (χ2n) is 7.14. The summed E-state index contributed by atoms with van der Waals surface area (Å²) in [6, 6.07) is 12.6. The van der Waals surface area contributed by atoms with Crippen LogP contribution in [-0.4, -0.2) is 32.2 Å². The minimum absolute atomic E-state index is 0.122. The summed E-state index contributed by atoms with van der Waals surface area (Å²) in [5.41, 5.74) is 3.45. The van der Waals surface area contributed by atoms with Crippen LogP contribution in [0.2, 0.25) is 0 Å². The van der Waals surface area contributed by atoms with E-state index in [-0.39, 0.29) is 12.3 Å². The Kier molecular flexibility index (Phi) is 7.33. The van der Waals surface area contributed by atoms with E-state index in [0.29, 0.717) is 22.8 Å². The molecular weight excluding hydrogens is 426 g/mol. The topological polar surface area (TPSA) is 93.5 Å². The van der Waals surface area contributed by atoms with Crippen molar-refractivity contribution in [2.24, 2.45) is 0 Å². The van der Waals surface area contributed by atoms with Gasteiger partial charge in [-0.15, -0.1) is 11.3 Å². The molecule has 32 heavy (non-hydrogen) atoms. The highest BCUT2D eigenvalue weighted by atomic mass is 32.1. The zero-order valence-electron chi connectivity index (χ0n) is 18.7. The summed E-state index contributed by atoms with van der Waals surface area (Å²) in [6.07, 6.45) is 0.122. The maximum absolute atomic E-state index is 12.9. The maximum atomic E-state index is 12.9. The third-order valence-corrected chi connectivity index (χ3v) is 5.88. The van der Waals surface area contributed by atoms with Gasteiger partial charge in [-0.05, 0) is 31.5 Å². The molecule has 0 radical (unpaired) electrons. The molecule has 0 bridgehead atoms. The summed E-state index contributed by atoms with van der Waals surface area (Å²) in [6.45, 7) is 3.94. The molecule has 1 aromatic heterocycles. The molecule has 1 heterocycles. The molecule has 0 aliphatic rings. The van der Waals surface area contributed by atoms with E-state index >= 15 is 0 Å². The molecule has 166 valence electrons. The van der Waals surface area contributed by atoms with Gasteiger partial charge in [0.15, 0.2) is 11.5 Å². The van der Waals surface area contributed by atoms with Crippen LogP contribution in [0.3, 0.4) is 0 Å². The van der Waals surface area contributed by atoms with Crippen LogP contribution >= 0.6 is 11.3 Å². The predicted molar refractivity (Wildman–Crippen MR) is 123 cm³/mol. The zero-order chi connectivity index (χ0) is 23.3. The first kappa shape index (κ1) is 23.1. The molecular formula is C24H25N3O4S. The van der Waals surface area contributed by atoms with Crippen molar-refractivity contribution in [1.29, 1.82) is 5.26 Å². The normalized spacial score (nSPS) is 11.4. The Labute approximate surface area is 191 Å². The van der Waals surface area contributed by atoms with Gasteiger partial charge in [-0.1, -0.05) is 29.8 Å². The average Bonchev–Trinajstić information content (AvgIpc) is 3.16. The summed E-state index contributed by atoms with van der Waals surface area (Å²) in [5, 5.41) is 13.4. The molecule has 0 aliphatic heterocycles. The number of carbonyl (C=O) groups is 1. The second kappa shape index (κ2) is 10.2. The smallest absolute Gasteiger partial charge is 0.226 e. The van der Waals surface area contributed by atoms with Gasteiger partial charge in [0.05, 0.1) is 44.5 Å². The standard InChI is InChI=1S/C24H25N3O4S/c1-14-6-8-16(9-7-14)23-21(32-15(2)26-23)12-22(28)27-18(13-25)17-10-19(29-3)24(31-5)20(11-17)30-4/h6-11,18H,12H2,1-5H3,(H,27,28). The van der Waals surface area contributed by atoms with Crippen LogP contribution in [0.4, 0.5) is 0 Å². The van der Waals surface area contributed by atoms with Gasteiger partial charge in [-0.3, -0.25) is 4.79 Å². The molecule has 2 aromatic carbocycles. The molecule has 3 aromatic rings. The maximum Gasteiger partial charge on any atom is 0.226 e. The highest BCUT2D eigenvalue weighted by Gasteiger charge is 2.22. The number of carbonyl (C=O) groups excluding carboxylic acids is 1. The molecule has 1 amide bonds. The number of methoxy groups -OCH3 is 3. The molecule has 0 aliphatic carbocycles. The Bertz CT molecular complexity index is 1120. The summed E-state index contributed by atoms with van der Waals surface area (Å²) in [7, 11) is 4.51. The van der Waals surface area contributed by atoms with Gasteiger partial charge in [0.2, 0.25) is 11.7 Å². The number of ether oxygens (including phenoxy) is 3. The fraction of sp³-hybridized carbons (Fsp3) is 0.292. The van der Waals surface area contributed by atoms with E-state index in [2.05, 4.69) is 16.4 Å². The van der Waals surface area contributed by atoms with Crippen LogP contribution in [0, 0.1) is 25.2 Å². The monoisotopic (exact) mass is 451 g/mol. The van der Waals surface area contributed by atoms with Crippen LogP contribution in [0.15, 0.2) is 36.4 Å². The first-order chi connectivity index (χ1) is 15.4. The van der Waals surface area contributed by atoms with Crippen molar-refractivity contribution in [3.05, 3.63) is 57.4 Å². The van der Waals surface area contributed by atoms with Crippen LogP contribution in [0.1, 0.15) is 27.1 Å². The van der Waals surface area contributed by atoms with Crippen molar-refractivity contribution in [3.63, 3.8) is 0 Å². The molecule has 0 saturated carbocycles. The lowest BCUT2D eigenvalue weighted by Gasteiger charge is -2.17. The number of aryl methyl sites for hydroxylation is 2. The highest BCUT2D eigenvalue weighted by molar-refractivity contribution is 7.12. The van der Waals surface area contributed by atoms with E-state index in [9.17, 15) is 10.1 Å². The Balaban J connectivity index is 1.83. The van der Waals surface area contributed by atoms with Crippen molar-refractivity contribution in [3.8, 4) is 34.6 Å². The van der Waals surface area contributed by atoms with Crippen LogP contribution < -0.4 is 19.5 Å². The number of hydrogen-bond donors (Lipinski definition) is 1. The largest absolute Gasteiger partial charge is 0.493 e. The van der Waals surface area contributed by atoms with Gasteiger partial charge in [0, 0.05) is 10.4 Å². The molecule has 1 N–H and O–H groups in total. The van der Waals surface area contributed by atoms with Crippen molar-refractivity contribution in [2.45, 2.75) is 26.3 Å². The Hall–Kier alpha value is -3.57. The van der Waals surface area contributed by atoms with Gasteiger partial charge in [0.1, 0.15) is 6.04 Å². The SMILES string of the molecule is COc1cc(C(C#N)NC(=O)Cc2sc(C)nc2-c2ccc(C)cc2)cc(OC)c1OC. The molecule has 0 saturated heterocycles. The summed E-state index contributed by atoms with van der Waals surface area (Å²) in [5.74, 6) is 0.971. The number of amides is 1. The van der Waals surface area contributed by atoms with Crippen molar-refractivity contribution >= 4 is 17.2 Å². The fourth-order valence-corrected chi connectivity index (χ4v) is 4.30. The van der Waals surface area contributed by atoms with Crippen LogP contribution in [0.25, 0.3) is 11.3 Å². The quantitative estimate of drug-likeness (QED) is 0.546. The Morgan fingerprint density at radius 2 is 1.72 bits per heavy atom. The molecule has 8 heteroatoms. The van der Waals surface area contributed by atoms with E-state index in [0.717, 1.165) is 26.7 Å². The number of thiazole rings is 1. The number of nitrogens with zero attached hydrogens (tertiary/aromatic N) is 2. The molecule has 0 fully saturated rings. The minimum atomic E-state index is -0.881. The zero-order valence-corrected chi connectivity index (χ0v) is 19.5. The minimum Gasteiger partial charge on any atom is -0.493 e. The Morgan fingerprint density at radius 1 is 1.09 bits per heavy atom. The number of nitrogens with one attached hydrogen (secondary N) is 1. The van der Waals surface area contributed by atoms with Crippen molar-refractivity contribution in [1.82, 2.24) is 10.3 Å². The van der Waals surface area contributed by atoms with Crippen LogP contribution in [-0.2, 0) is 11.2 Å². The lowest BCUT2D eigenvalue weighted by molar-refractivity contribution is -0.120. The molecule has 0 spiro atoms. The molecule has 7 nitrogen and oxygen atoms in total. The highest BCUT2D eigenvalue weighted by Crippen LogP contribution is 2.39. The number of rotatable bonds is 8. The number of benzene rings is 2. The number of aromatic nitrogens is 1. The van der Waals surface area contributed by atoms with E-state index in [4.69, 9.17) is 14.2 Å². The van der Waals surface area contributed by atoms with Gasteiger partial charge < -0.3 is 19.5 Å².